The highest BCUT2D eigenvalue weighted by molar-refractivity contribution is 6.42. The molecule has 0 aromatic heterocycles. The van der Waals surface area contributed by atoms with Gasteiger partial charge in [0.2, 0.25) is 11.8 Å². The topological polar surface area (TPSA) is 67.7 Å². The van der Waals surface area contributed by atoms with Crippen molar-refractivity contribution in [3.05, 3.63) is 64.1 Å². The minimum atomic E-state index is -0.311. The lowest BCUT2D eigenvalue weighted by atomic mass is 9.75. The number of carbonyl (C=O) groups excluding carboxylic acids is 2. The average Bonchev–Trinajstić information content (AvgIpc) is 2.94. The Morgan fingerprint density at radius 1 is 1.03 bits per heavy atom. The standard InChI is InChI=1S/C30H36Cl2N4O2/c1-23(37)35-16-10-25(11-17-35)29(38)36(26-8-9-27(31)28(32)20-26)15-5-14-34-18-12-30(22-33,13-19-34)21-24-6-3-2-4-7-24/h2-4,6-9,20,25H,5,10-19,21H2,1H3. The smallest absolute Gasteiger partial charge is 0.230 e. The van der Waals surface area contributed by atoms with Gasteiger partial charge in [0, 0.05) is 38.2 Å². The van der Waals surface area contributed by atoms with Crippen LogP contribution in [0.1, 0.15) is 44.6 Å². The van der Waals surface area contributed by atoms with Crippen molar-refractivity contribution >= 4 is 40.7 Å². The Morgan fingerprint density at radius 3 is 2.32 bits per heavy atom. The van der Waals surface area contributed by atoms with Crippen molar-refractivity contribution in [3.63, 3.8) is 0 Å². The number of rotatable bonds is 8. The summed E-state index contributed by atoms with van der Waals surface area (Å²) in [7, 11) is 0. The Labute approximate surface area is 236 Å². The minimum absolute atomic E-state index is 0.0583. The number of anilines is 1. The van der Waals surface area contributed by atoms with Crippen molar-refractivity contribution in [1.29, 1.82) is 5.26 Å². The van der Waals surface area contributed by atoms with Gasteiger partial charge < -0.3 is 14.7 Å². The number of benzene rings is 2. The average molecular weight is 556 g/mol. The zero-order valence-electron chi connectivity index (χ0n) is 22.0. The molecule has 2 fully saturated rings. The summed E-state index contributed by atoms with van der Waals surface area (Å²) in [5.74, 6) is 0.0174. The third-order valence-corrected chi connectivity index (χ3v) is 8.80. The summed E-state index contributed by atoms with van der Waals surface area (Å²) in [6.45, 7) is 5.99. The molecule has 6 nitrogen and oxygen atoms in total. The van der Waals surface area contributed by atoms with Crippen LogP contribution in [0.4, 0.5) is 5.69 Å². The Hall–Kier alpha value is -2.59. The number of carbonyl (C=O) groups is 2. The molecule has 2 amide bonds. The van der Waals surface area contributed by atoms with E-state index < -0.39 is 0 Å². The largest absolute Gasteiger partial charge is 0.343 e. The summed E-state index contributed by atoms with van der Waals surface area (Å²) in [5, 5.41) is 10.9. The number of amides is 2. The summed E-state index contributed by atoms with van der Waals surface area (Å²) in [4.78, 5) is 31.4. The number of likely N-dealkylation sites (tertiary alicyclic amines) is 2. The van der Waals surface area contributed by atoms with Crippen LogP contribution in [-0.2, 0) is 16.0 Å². The van der Waals surface area contributed by atoms with Gasteiger partial charge in [-0.1, -0.05) is 53.5 Å². The first-order chi connectivity index (χ1) is 18.3. The molecule has 0 atom stereocenters. The summed E-state index contributed by atoms with van der Waals surface area (Å²) in [5.41, 5.74) is 1.66. The third kappa shape index (κ3) is 7.08. The quantitative estimate of drug-likeness (QED) is 0.412. The van der Waals surface area contributed by atoms with Crippen LogP contribution in [0, 0.1) is 22.7 Å². The Bertz CT molecular complexity index is 1150. The van der Waals surface area contributed by atoms with Crippen molar-refractivity contribution < 1.29 is 9.59 Å². The van der Waals surface area contributed by atoms with Crippen LogP contribution in [0.15, 0.2) is 48.5 Å². The van der Waals surface area contributed by atoms with Gasteiger partial charge >= 0.3 is 0 Å². The maximum absolute atomic E-state index is 13.6. The van der Waals surface area contributed by atoms with E-state index in [-0.39, 0.29) is 23.1 Å². The summed E-state index contributed by atoms with van der Waals surface area (Å²) in [6.07, 6.45) is 4.64. The van der Waals surface area contributed by atoms with Gasteiger partial charge in [0.1, 0.15) is 0 Å². The lowest BCUT2D eigenvalue weighted by molar-refractivity contribution is -0.133. The zero-order chi connectivity index (χ0) is 27.1. The van der Waals surface area contributed by atoms with E-state index in [1.54, 1.807) is 19.1 Å². The fourth-order valence-electron chi connectivity index (χ4n) is 5.65. The molecular weight excluding hydrogens is 519 g/mol. The van der Waals surface area contributed by atoms with Gasteiger partial charge in [-0.3, -0.25) is 9.59 Å². The Balaban J connectivity index is 1.35. The predicted molar refractivity (Wildman–Crippen MR) is 152 cm³/mol. The molecule has 2 aliphatic rings. The second-order valence-electron chi connectivity index (χ2n) is 10.6. The predicted octanol–water partition coefficient (Wildman–Crippen LogP) is 5.82. The number of hydrogen-bond donors (Lipinski definition) is 0. The lowest BCUT2D eigenvalue weighted by Gasteiger charge is -2.38. The molecule has 2 aromatic carbocycles. The van der Waals surface area contributed by atoms with Crippen LogP contribution in [0.2, 0.25) is 10.0 Å². The second kappa shape index (κ2) is 13.0. The molecule has 0 N–H and O–H groups in total. The zero-order valence-corrected chi connectivity index (χ0v) is 23.6. The van der Waals surface area contributed by atoms with Gasteiger partial charge in [-0.2, -0.15) is 5.26 Å². The minimum Gasteiger partial charge on any atom is -0.343 e. The molecule has 0 spiro atoms. The fraction of sp³-hybridized carbons (Fsp3) is 0.500. The van der Waals surface area contributed by atoms with Crippen molar-refractivity contribution in [2.45, 2.75) is 45.4 Å². The van der Waals surface area contributed by atoms with Crippen LogP contribution >= 0.6 is 23.2 Å². The van der Waals surface area contributed by atoms with Gasteiger partial charge in [0.05, 0.1) is 21.5 Å². The van der Waals surface area contributed by atoms with E-state index in [2.05, 4.69) is 23.1 Å². The molecule has 0 saturated carbocycles. The van der Waals surface area contributed by atoms with Crippen LogP contribution in [-0.4, -0.2) is 60.9 Å². The number of hydrogen-bond acceptors (Lipinski definition) is 4. The van der Waals surface area contributed by atoms with Crippen molar-refractivity contribution in [1.82, 2.24) is 9.80 Å². The highest BCUT2D eigenvalue weighted by Gasteiger charge is 2.35. The van der Waals surface area contributed by atoms with E-state index >= 15 is 0 Å². The number of piperidine rings is 2. The highest BCUT2D eigenvalue weighted by atomic mass is 35.5. The van der Waals surface area contributed by atoms with Crippen molar-refractivity contribution in [2.75, 3.05) is 44.2 Å². The molecule has 38 heavy (non-hydrogen) atoms. The Morgan fingerprint density at radius 2 is 1.71 bits per heavy atom. The van der Waals surface area contributed by atoms with Gasteiger partial charge in [-0.15, -0.1) is 0 Å². The van der Waals surface area contributed by atoms with Crippen molar-refractivity contribution in [2.24, 2.45) is 11.3 Å². The fourth-order valence-corrected chi connectivity index (χ4v) is 5.95. The summed E-state index contributed by atoms with van der Waals surface area (Å²) in [6, 6.07) is 18.2. The van der Waals surface area contributed by atoms with E-state index in [1.165, 1.54) is 5.56 Å². The third-order valence-electron chi connectivity index (χ3n) is 8.06. The molecule has 0 bridgehead atoms. The second-order valence-corrected chi connectivity index (χ2v) is 11.4. The monoisotopic (exact) mass is 554 g/mol. The van der Waals surface area contributed by atoms with Crippen LogP contribution in [0.25, 0.3) is 0 Å². The molecule has 2 aromatic rings. The van der Waals surface area contributed by atoms with E-state index in [4.69, 9.17) is 23.2 Å². The normalized spacial score (nSPS) is 18.1. The van der Waals surface area contributed by atoms with Crippen LogP contribution < -0.4 is 4.90 Å². The number of nitriles is 1. The molecule has 2 saturated heterocycles. The van der Waals surface area contributed by atoms with E-state index in [0.717, 1.165) is 51.0 Å². The first-order valence-corrected chi connectivity index (χ1v) is 14.3. The molecule has 0 aliphatic carbocycles. The Kier molecular flexibility index (Phi) is 9.70. The molecule has 2 heterocycles. The molecule has 8 heteroatoms. The molecule has 0 radical (unpaired) electrons. The van der Waals surface area contributed by atoms with Crippen LogP contribution in [0.5, 0.6) is 0 Å². The first kappa shape index (κ1) is 28.4. The summed E-state index contributed by atoms with van der Waals surface area (Å²) >= 11 is 12.5. The number of halogens is 2. The maximum Gasteiger partial charge on any atom is 0.230 e. The van der Waals surface area contributed by atoms with E-state index in [9.17, 15) is 14.9 Å². The molecule has 2 aliphatic heterocycles. The van der Waals surface area contributed by atoms with E-state index in [0.29, 0.717) is 42.5 Å². The van der Waals surface area contributed by atoms with Gasteiger partial charge in [-0.25, -0.2) is 0 Å². The van der Waals surface area contributed by atoms with Gasteiger partial charge in [-0.05, 0) is 81.9 Å². The molecular formula is C30H36Cl2N4O2. The SMILES string of the molecule is CC(=O)N1CCC(C(=O)N(CCCN2CCC(C#N)(Cc3ccccc3)CC2)c2ccc(Cl)c(Cl)c2)CC1. The van der Waals surface area contributed by atoms with Gasteiger partial charge in [0.15, 0.2) is 0 Å². The first-order valence-electron chi connectivity index (χ1n) is 13.5. The van der Waals surface area contributed by atoms with Gasteiger partial charge in [0.25, 0.3) is 0 Å². The maximum atomic E-state index is 13.6. The van der Waals surface area contributed by atoms with Crippen molar-refractivity contribution in [3.8, 4) is 6.07 Å². The molecule has 0 unspecified atom stereocenters. The number of nitrogens with zero attached hydrogens (tertiary/aromatic N) is 4. The summed E-state index contributed by atoms with van der Waals surface area (Å²) < 4.78 is 0. The van der Waals surface area contributed by atoms with E-state index in [1.807, 2.05) is 34.1 Å². The molecule has 4 rings (SSSR count). The van der Waals surface area contributed by atoms with Crippen LogP contribution in [0.3, 0.4) is 0 Å². The molecule has 202 valence electrons. The lowest BCUT2D eigenvalue weighted by Crippen LogP contribution is -2.45. The highest BCUT2D eigenvalue weighted by Crippen LogP contribution is 2.35.